The molecule has 0 saturated heterocycles. The molecule has 2 heterocycles. The van der Waals surface area contributed by atoms with E-state index < -0.39 is 0 Å². The first-order valence-corrected chi connectivity index (χ1v) is 7.03. The number of aromatic nitrogens is 2. The summed E-state index contributed by atoms with van der Waals surface area (Å²) >= 11 is 0. The summed E-state index contributed by atoms with van der Waals surface area (Å²) in [6, 6.07) is 6.71. The molecule has 2 atom stereocenters. The van der Waals surface area contributed by atoms with E-state index in [0.717, 1.165) is 12.2 Å². The number of rotatable bonds is 2. The second-order valence-corrected chi connectivity index (χ2v) is 5.53. The van der Waals surface area contributed by atoms with Gasteiger partial charge in [-0.3, -0.25) is 4.68 Å². The number of ether oxygens (including phenoxy) is 1. The first-order valence-electron chi connectivity index (χ1n) is 7.03. The molecule has 1 aromatic carbocycles. The third kappa shape index (κ3) is 2.10. The van der Waals surface area contributed by atoms with Crippen LogP contribution in [0.15, 0.2) is 24.4 Å². The third-order valence-corrected chi connectivity index (χ3v) is 4.23. The summed E-state index contributed by atoms with van der Waals surface area (Å²) in [4.78, 5) is 0. The summed E-state index contributed by atoms with van der Waals surface area (Å²) in [6.07, 6.45) is 2.92. The van der Waals surface area contributed by atoms with Crippen LogP contribution >= 0.6 is 0 Å². The first-order chi connectivity index (χ1) is 9.60. The Labute approximate surface area is 119 Å². The molecule has 0 amide bonds. The van der Waals surface area contributed by atoms with Gasteiger partial charge in [0.1, 0.15) is 11.9 Å². The van der Waals surface area contributed by atoms with Crippen molar-refractivity contribution >= 4 is 0 Å². The Hall–Kier alpha value is -1.81. The van der Waals surface area contributed by atoms with Gasteiger partial charge in [-0.15, -0.1) is 0 Å². The van der Waals surface area contributed by atoms with E-state index in [4.69, 9.17) is 4.74 Å². The van der Waals surface area contributed by atoms with Crippen LogP contribution in [0.4, 0.5) is 0 Å². The number of aryl methyl sites for hydroxylation is 2. The molecule has 0 bridgehead atoms. The van der Waals surface area contributed by atoms with Crippen molar-refractivity contribution in [3.05, 3.63) is 46.8 Å². The van der Waals surface area contributed by atoms with Crippen molar-refractivity contribution in [3.63, 3.8) is 0 Å². The van der Waals surface area contributed by atoms with Crippen molar-refractivity contribution in [2.75, 3.05) is 7.05 Å². The van der Waals surface area contributed by atoms with Crippen LogP contribution in [-0.4, -0.2) is 16.8 Å². The number of nitrogens with zero attached hydrogens (tertiary/aromatic N) is 2. The van der Waals surface area contributed by atoms with Gasteiger partial charge in [0, 0.05) is 36.3 Å². The fourth-order valence-electron chi connectivity index (χ4n) is 2.89. The number of hydrogen-bond donors (Lipinski definition) is 1. The van der Waals surface area contributed by atoms with Crippen LogP contribution in [-0.2, 0) is 7.05 Å². The Morgan fingerprint density at radius 3 is 2.75 bits per heavy atom. The molecule has 1 aromatic heterocycles. The highest BCUT2D eigenvalue weighted by molar-refractivity contribution is 5.42. The molecule has 4 heteroatoms. The van der Waals surface area contributed by atoms with Gasteiger partial charge >= 0.3 is 0 Å². The lowest BCUT2D eigenvalue weighted by Gasteiger charge is -2.32. The number of fused-ring (bicyclic) bond motifs is 1. The van der Waals surface area contributed by atoms with Gasteiger partial charge in [-0.1, -0.05) is 17.7 Å². The molecule has 1 aliphatic heterocycles. The molecule has 0 radical (unpaired) electrons. The van der Waals surface area contributed by atoms with E-state index in [9.17, 15) is 0 Å². The lowest BCUT2D eigenvalue weighted by molar-refractivity contribution is 0.153. The maximum absolute atomic E-state index is 6.21. The Bertz CT molecular complexity index is 633. The van der Waals surface area contributed by atoms with Crippen molar-refractivity contribution < 1.29 is 4.74 Å². The fourth-order valence-corrected chi connectivity index (χ4v) is 2.89. The molecule has 1 N–H and O–H groups in total. The average Bonchev–Trinajstić information content (AvgIpc) is 2.78. The first kappa shape index (κ1) is 13.2. The SMILES string of the molecule is CNC1CC(c2cnn(C)c2C)Oc2ccc(C)cc21. The molecule has 2 aromatic rings. The quantitative estimate of drug-likeness (QED) is 0.913. The number of benzene rings is 1. The van der Waals surface area contributed by atoms with E-state index in [1.54, 1.807) is 0 Å². The zero-order valence-corrected chi connectivity index (χ0v) is 12.5. The molecule has 1 aliphatic rings. The van der Waals surface area contributed by atoms with Crippen molar-refractivity contribution in [1.82, 2.24) is 15.1 Å². The smallest absolute Gasteiger partial charge is 0.129 e. The molecule has 0 aliphatic carbocycles. The van der Waals surface area contributed by atoms with E-state index >= 15 is 0 Å². The minimum atomic E-state index is 0.0661. The van der Waals surface area contributed by atoms with E-state index in [1.807, 2.05) is 25.0 Å². The van der Waals surface area contributed by atoms with E-state index in [1.165, 1.54) is 22.4 Å². The number of nitrogens with one attached hydrogen (secondary N) is 1. The molecule has 20 heavy (non-hydrogen) atoms. The second-order valence-electron chi connectivity index (χ2n) is 5.53. The topological polar surface area (TPSA) is 39.1 Å². The van der Waals surface area contributed by atoms with Crippen molar-refractivity contribution in [3.8, 4) is 5.75 Å². The predicted octanol–water partition coefficient (Wildman–Crippen LogP) is 2.82. The molecule has 106 valence electrons. The maximum atomic E-state index is 6.21. The van der Waals surface area contributed by atoms with Gasteiger partial charge in [0.15, 0.2) is 0 Å². The van der Waals surface area contributed by atoms with Crippen LogP contribution in [0.25, 0.3) is 0 Å². The van der Waals surface area contributed by atoms with Gasteiger partial charge in [0.2, 0.25) is 0 Å². The zero-order chi connectivity index (χ0) is 14.3. The molecule has 0 saturated carbocycles. The van der Waals surface area contributed by atoms with Crippen LogP contribution in [0.1, 0.15) is 41.0 Å². The Balaban J connectivity index is 1.99. The summed E-state index contributed by atoms with van der Waals surface area (Å²) in [5.74, 6) is 0.981. The molecular formula is C16H21N3O. The summed E-state index contributed by atoms with van der Waals surface area (Å²) in [5.41, 5.74) is 4.87. The zero-order valence-electron chi connectivity index (χ0n) is 12.5. The summed E-state index contributed by atoms with van der Waals surface area (Å²) in [6.45, 7) is 4.20. The summed E-state index contributed by atoms with van der Waals surface area (Å²) in [5, 5.41) is 7.73. The van der Waals surface area contributed by atoms with Crippen molar-refractivity contribution in [2.24, 2.45) is 7.05 Å². The lowest BCUT2D eigenvalue weighted by atomic mass is 9.92. The minimum Gasteiger partial charge on any atom is -0.485 e. The highest BCUT2D eigenvalue weighted by Crippen LogP contribution is 2.41. The largest absolute Gasteiger partial charge is 0.485 e. The third-order valence-electron chi connectivity index (χ3n) is 4.23. The number of hydrogen-bond acceptors (Lipinski definition) is 3. The molecule has 4 nitrogen and oxygen atoms in total. The van der Waals surface area contributed by atoms with Crippen LogP contribution in [0.3, 0.4) is 0 Å². The highest BCUT2D eigenvalue weighted by atomic mass is 16.5. The lowest BCUT2D eigenvalue weighted by Crippen LogP contribution is -2.27. The summed E-state index contributed by atoms with van der Waals surface area (Å²) in [7, 11) is 3.98. The highest BCUT2D eigenvalue weighted by Gasteiger charge is 2.30. The fraction of sp³-hybridized carbons (Fsp3) is 0.438. The standard InChI is InChI=1S/C16H21N3O/c1-10-5-6-15-12(7-10)14(17-3)8-16(20-15)13-9-18-19(4)11(13)2/h5-7,9,14,16-17H,8H2,1-4H3. The molecule has 0 fully saturated rings. The molecule has 2 unspecified atom stereocenters. The monoisotopic (exact) mass is 271 g/mol. The predicted molar refractivity (Wildman–Crippen MR) is 78.9 cm³/mol. The Morgan fingerprint density at radius 1 is 1.30 bits per heavy atom. The van der Waals surface area contributed by atoms with Gasteiger partial charge in [0.05, 0.1) is 6.20 Å². The average molecular weight is 271 g/mol. The molecule has 3 rings (SSSR count). The normalized spacial score (nSPS) is 21.4. The van der Waals surface area contributed by atoms with Crippen LogP contribution in [0.2, 0.25) is 0 Å². The van der Waals surface area contributed by atoms with E-state index in [-0.39, 0.29) is 6.10 Å². The van der Waals surface area contributed by atoms with Gasteiger partial charge in [-0.25, -0.2) is 0 Å². The second kappa shape index (κ2) is 4.94. The summed E-state index contributed by atoms with van der Waals surface area (Å²) < 4.78 is 8.11. The van der Waals surface area contributed by atoms with Gasteiger partial charge in [0.25, 0.3) is 0 Å². The van der Waals surface area contributed by atoms with Crippen molar-refractivity contribution in [2.45, 2.75) is 32.4 Å². The van der Waals surface area contributed by atoms with E-state index in [2.05, 4.69) is 42.5 Å². The van der Waals surface area contributed by atoms with Crippen LogP contribution < -0.4 is 10.1 Å². The minimum absolute atomic E-state index is 0.0661. The Kier molecular flexibility index (Phi) is 3.26. The van der Waals surface area contributed by atoms with Crippen LogP contribution in [0.5, 0.6) is 5.75 Å². The van der Waals surface area contributed by atoms with Crippen molar-refractivity contribution in [1.29, 1.82) is 0 Å². The maximum Gasteiger partial charge on any atom is 0.129 e. The van der Waals surface area contributed by atoms with Gasteiger partial charge in [-0.05, 0) is 27.0 Å². The van der Waals surface area contributed by atoms with E-state index in [0.29, 0.717) is 6.04 Å². The van der Waals surface area contributed by atoms with Gasteiger partial charge in [-0.2, -0.15) is 5.10 Å². The molecule has 0 spiro atoms. The Morgan fingerprint density at radius 2 is 2.10 bits per heavy atom. The molecular weight excluding hydrogens is 250 g/mol. The van der Waals surface area contributed by atoms with Gasteiger partial charge < -0.3 is 10.1 Å². The van der Waals surface area contributed by atoms with Crippen LogP contribution in [0, 0.1) is 13.8 Å².